The monoisotopic (exact) mass is 396 g/mol. The maximum absolute atomic E-state index is 12.6. The Labute approximate surface area is 173 Å². The van der Waals surface area contributed by atoms with Crippen molar-refractivity contribution in [2.24, 2.45) is 5.92 Å². The van der Waals surface area contributed by atoms with Crippen LogP contribution in [-0.4, -0.2) is 59.5 Å². The molecule has 29 heavy (non-hydrogen) atoms. The van der Waals surface area contributed by atoms with E-state index in [1.807, 2.05) is 30.6 Å². The highest BCUT2D eigenvalue weighted by molar-refractivity contribution is 5.78. The van der Waals surface area contributed by atoms with Gasteiger partial charge in [0.25, 0.3) is 0 Å². The summed E-state index contributed by atoms with van der Waals surface area (Å²) in [6.07, 6.45) is 10.7. The standard InChI is InChI=1S/C23H32N4O2/c28-23(25-11-7-22-6-3-15-29-22)20-5-2-12-27(18-20)21-8-13-26(14-9-21)17-19-4-1-10-24-16-19/h1,3-4,6,10,15-16,20-21H,2,5,7-9,11-14,17-18H2,(H,25,28)/t20-/m0/s1. The number of carbonyl (C=O) groups is 1. The fourth-order valence-electron chi connectivity index (χ4n) is 4.65. The minimum atomic E-state index is 0.119. The summed E-state index contributed by atoms with van der Waals surface area (Å²) in [5, 5.41) is 3.11. The summed E-state index contributed by atoms with van der Waals surface area (Å²) < 4.78 is 5.34. The number of amides is 1. The average molecular weight is 397 g/mol. The lowest BCUT2D eigenvalue weighted by Crippen LogP contribution is -2.50. The lowest BCUT2D eigenvalue weighted by molar-refractivity contribution is -0.127. The number of furan rings is 1. The van der Waals surface area contributed by atoms with Crippen LogP contribution in [-0.2, 0) is 17.8 Å². The van der Waals surface area contributed by atoms with Gasteiger partial charge in [-0.1, -0.05) is 6.07 Å². The summed E-state index contributed by atoms with van der Waals surface area (Å²) in [6.45, 7) is 5.91. The number of nitrogens with zero attached hydrogens (tertiary/aromatic N) is 3. The third kappa shape index (κ3) is 5.67. The van der Waals surface area contributed by atoms with E-state index in [1.54, 1.807) is 6.26 Å². The molecule has 2 fully saturated rings. The molecule has 0 saturated carbocycles. The van der Waals surface area contributed by atoms with E-state index in [0.29, 0.717) is 12.6 Å². The highest BCUT2D eigenvalue weighted by Gasteiger charge is 2.31. The molecular weight excluding hydrogens is 364 g/mol. The first kappa shape index (κ1) is 20.1. The van der Waals surface area contributed by atoms with Gasteiger partial charge in [0.2, 0.25) is 5.91 Å². The molecular formula is C23H32N4O2. The zero-order chi connectivity index (χ0) is 19.9. The molecule has 0 bridgehead atoms. The first-order valence-electron chi connectivity index (χ1n) is 10.9. The zero-order valence-corrected chi connectivity index (χ0v) is 17.1. The zero-order valence-electron chi connectivity index (χ0n) is 17.1. The third-order valence-electron chi connectivity index (χ3n) is 6.28. The van der Waals surface area contributed by atoms with Crippen molar-refractivity contribution in [3.05, 3.63) is 54.2 Å². The fourth-order valence-corrected chi connectivity index (χ4v) is 4.65. The van der Waals surface area contributed by atoms with Gasteiger partial charge in [-0.15, -0.1) is 0 Å². The first-order chi connectivity index (χ1) is 14.3. The van der Waals surface area contributed by atoms with Gasteiger partial charge < -0.3 is 9.73 Å². The molecule has 0 unspecified atom stereocenters. The Morgan fingerprint density at radius 2 is 2.07 bits per heavy atom. The Balaban J connectivity index is 1.20. The molecule has 2 aliphatic heterocycles. The Bertz CT molecular complexity index is 742. The van der Waals surface area contributed by atoms with Crippen LogP contribution in [0.1, 0.15) is 37.0 Å². The van der Waals surface area contributed by atoms with Gasteiger partial charge in [0, 0.05) is 44.5 Å². The van der Waals surface area contributed by atoms with Crippen molar-refractivity contribution in [1.29, 1.82) is 0 Å². The van der Waals surface area contributed by atoms with E-state index >= 15 is 0 Å². The van der Waals surface area contributed by atoms with Crippen LogP contribution in [0.2, 0.25) is 0 Å². The number of piperidine rings is 2. The summed E-state index contributed by atoms with van der Waals surface area (Å²) in [5.74, 6) is 1.25. The van der Waals surface area contributed by atoms with E-state index in [4.69, 9.17) is 4.42 Å². The van der Waals surface area contributed by atoms with Crippen LogP contribution < -0.4 is 5.32 Å². The summed E-state index contributed by atoms with van der Waals surface area (Å²) in [4.78, 5) is 21.9. The van der Waals surface area contributed by atoms with Gasteiger partial charge in [0.05, 0.1) is 12.2 Å². The number of pyridine rings is 1. The second-order valence-corrected chi connectivity index (χ2v) is 8.32. The fraction of sp³-hybridized carbons (Fsp3) is 0.565. The summed E-state index contributed by atoms with van der Waals surface area (Å²) in [7, 11) is 0. The van der Waals surface area contributed by atoms with E-state index < -0.39 is 0 Å². The Morgan fingerprint density at radius 3 is 2.83 bits per heavy atom. The van der Waals surface area contributed by atoms with Crippen LogP contribution in [0.15, 0.2) is 47.3 Å². The Hall–Kier alpha value is -2.18. The number of likely N-dealkylation sites (tertiary alicyclic amines) is 2. The lowest BCUT2D eigenvalue weighted by atomic mass is 9.93. The molecule has 0 radical (unpaired) electrons. The molecule has 2 aromatic rings. The van der Waals surface area contributed by atoms with E-state index in [9.17, 15) is 4.79 Å². The summed E-state index contributed by atoms with van der Waals surface area (Å²) in [5.41, 5.74) is 1.29. The molecule has 1 amide bonds. The van der Waals surface area contributed by atoms with Gasteiger partial charge in [-0.05, 0) is 69.1 Å². The van der Waals surface area contributed by atoms with Gasteiger partial charge in [-0.2, -0.15) is 0 Å². The van der Waals surface area contributed by atoms with E-state index in [2.05, 4.69) is 26.2 Å². The Kier molecular flexibility index (Phi) is 6.96. The van der Waals surface area contributed by atoms with Gasteiger partial charge >= 0.3 is 0 Å². The van der Waals surface area contributed by atoms with Crippen LogP contribution in [0.5, 0.6) is 0 Å². The van der Waals surface area contributed by atoms with Crippen molar-refractivity contribution in [2.75, 3.05) is 32.7 Å². The summed E-state index contributed by atoms with van der Waals surface area (Å²) >= 11 is 0. The Morgan fingerprint density at radius 1 is 1.17 bits per heavy atom. The largest absolute Gasteiger partial charge is 0.469 e. The third-order valence-corrected chi connectivity index (χ3v) is 6.28. The van der Waals surface area contributed by atoms with Crippen LogP contribution in [0, 0.1) is 5.92 Å². The van der Waals surface area contributed by atoms with Crippen molar-refractivity contribution >= 4 is 5.91 Å². The molecule has 1 atom stereocenters. The minimum Gasteiger partial charge on any atom is -0.469 e. The summed E-state index contributed by atoms with van der Waals surface area (Å²) in [6, 6.07) is 8.61. The topological polar surface area (TPSA) is 61.6 Å². The van der Waals surface area contributed by atoms with Crippen LogP contribution in [0.25, 0.3) is 0 Å². The first-order valence-corrected chi connectivity index (χ1v) is 10.9. The van der Waals surface area contributed by atoms with Crippen molar-refractivity contribution in [3.63, 3.8) is 0 Å². The van der Waals surface area contributed by atoms with E-state index in [0.717, 1.165) is 57.7 Å². The molecule has 156 valence electrons. The van der Waals surface area contributed by atoms with Crippen LogP contribution in [0.3, 0.4) is 0 Å². The maximum Gasteiger partial charge on any atom is 0.224 e. The second kappa shape index (κ2) is 10.0. The normalized spacial score (nSPS) is 21.9. The van der Waals surface area contributed by atoms with Gasteiger partial charge in [-0.3, -0.25) is 19.6 Å². The maximum atomic E-state index is 12.6. The highest BCUT2D eigenvalue weighted by Crippen LogP contribution is 2.24. The van der Waals surface area contributed by atoms with Gasteiger partial charge in [0.1, 0.15) is 5.76 Å². The molecule has 0 aliphatic carbocycles. The van der Waals surface area contributed by atoms with Gasteiger partial charge in [0.15, 0.2) is 0 Å². The lowest BCUT2D eigenvalue weighted by Gasteiger charge is -2.42. The molecule has 6 nitrogen and oxygen atoms in total. The number of rotatable bonds is 7. The van der Waals surface area contributed by atoms with Crippen molar-refractivity contribution in [1.82, 2.24) is 20.1 Å². The predicted octanol–water partition coefficient (Wildman–Crippen LogP) is 2.71. The SMILES string of the molecule is O=C(NCCc1ccco1)[C@H]1CCCN(C2CCN(Cc3cccnc3)CC2)C1. The quantitative estimate of drug-likeness (QED) is 0.780. The van der Waals surface area contributed by atoms with E-state index in [1.165, 1.54) is 18.4 Å². The molecule has 2 aliphatic rings. The predicted molar refractivity (Wildman–Crippen MR) is 112 cm³/mol. The number of aromatic nitrogens is 1. The highest BCUT2D eigenvalue weighted by atomic mass is 16.3. The molecule has 2 saturated heterocycles. The van der Waals surface area contributed by atoms with E-state index in [-0.39, 0.29) is 11.8 Å². The molecule has 0 aromatic carbocycles. The minimum absolute atomic E-state index is 0.119. The number of hydrogen-bond acceptors (Lipinski definition) is 5. The smallest absolute Gasteiger partial charge is 0.224 e. The molecule has 4 rings (SSSR count). The second-order valence-electron chi connectivity index (χ2n) is 8.32. The van der Waals surface area contributed by atoms with Crippen molar-refractivity contribution in [3.8, 4) is 0 Å². The molecule has 1 N–H and O–H groups in total. The number of hydrogen-bond donors (Lipinski definition) is 1. The molecule has 0 spiro atoms. The number of nitrogens with one attached hydrogen (secondary N) is 1. The van der Waals surface area contributed by atoms with Crippen LogP contribution >= 0.6 is 0 Å². The molecule has 6 heteroatoms. The molecule has 4 heterocycles. The van der Waals surface area contributed by atoms with Crippen LogP contribution in [0.4, 0.5) is 0 Å². The molecule has 2 aromatic heterocycles. The van der Waals surface area contributed by atoms with Crippen molar-refractivity contribution in [2.45, 2.75) is 44.7 Å². The van der Waals surface area contributed by atoms with Gasteiger partial charge in [-0.25, -0.2) is 0 Å². The average Bonchev–Trinajstić information content (AvgIpc) is 3.29. The van der Waals surface area contributed by atoms with Crippen molar-refractivity contribution < 1.29 is 9.21 Å². The number of carbonyl (C=O) groups excluding carboxylic acids is 1.